The minimum Gasteiger partial charge on any atom is -0.321 e. The van der Waals surface area contributed by atoms with Crippen LogP contribution < -0.4 is 10.2 Å². The molecule has 146 valence electrons. The molecule has 0 saturated carbocycles. The van der Waals surface area contributed by atoms with Crippen LogP contribution in [0.2, 0.25) is 0 Å². The molecule has 5 nitrogen and oxygen atoms in total. The third kappa shape index (κ3) is 4.02. The van der Waals surface area contributed by atoms with E-state index < -0.39 is 0 Å². The molecule has 0 bridgehead atoms. The summed E-state index contributed by atoms with van der Waals surface area (Å²) in [6.07, 6.45) is 8.47. The zero-order chi connectivity index (χ0) is 19.5. The molecular weight excluding hydrogens is 372 g/mol. The van der Waals surface area contributed by atoms with Crippen LogP contribution in [0.1, 0.15) is 65.1 Å². The topological polar surface area (TPSA) is 66.5 Å². The average molecular weight is 397 g/mol. The summed E-state index contributed by atoms with van der Waals surface area (Å²) in [5, 5.41) is 2.93. The molecule has 2 heterocycles. The Morgan fingerprint density at radius 1 is 0.857 bits per heavy atom. The van der Waals surface area contributed by atoms with Crippen molar-refractivity contribution in [1.29, 1.82) is 0 Å². The van der Waals surface area contributed by atoms with Gasteiger partial charge in [-0.15, -0.1) is 11.3 Å². The number of nitrogens with zero attached hydrogens (tertiary/aromatic N) is 1. The average Bonchev–Trinajstić information content (AvgIpc) is 3.05. The fourth-order valence-electron chi connectivity index (χ4n) is 3.88. The predicted octanol–water partition coefficient (Wildman–Crippen LogP) is 4.70. The molecular formula is C22H24N2O3S. The van der Waals surface area contributed by atoms with Crippen molar-refractivity contribution in [2.24, 2.45) is 0 Å². The Kier molecular flexibility index (Phi) is 5.57. The molecule has 2 aromatic rings. The molecule has 2 aliphatic rings. The number of amides is 3. The quantitative estimate of drug-likeness (QED) is 0.765. The van der Waals surface area contributed by atoms with E-state index in [0.717, 1.165) is 17.7 Å². The number of aryl methyl sites for hydroxylation is 2. The van der Waals surface area contributed by atoms with Crippen LogP contribution in [-0.2, 0) is 22.4 Å². The molecule has 0 radical (unpaired) electrons. The van der Waals surface area contributed by atoms with E-state index in [1.54, 1.807) is 35.6 Å². The molecule has 3 amide bonds. The number of nitrogens with one attached hydrogen (secondary N) is 1. The van der Waals surface area contributed by atoms with E-state index in [0.29, 0.717) is 30.6 Å². The maximum atomic E-state index is 12.7. The van der Waals surface area contributed by atoms with Gasteiger partial charge in [0.25, 0.3) is 5.91 Å². The molecule has 1 saturated heterocycles. The summed E-state index contributed by atoms with van der Waals surface area (Å²) in [5.41, 5.74) is 2.55. The number of fused-ring (bicyclic) bond motifs is 1. The van der Waals surface area contributed by atoms with E-state index in [9.17, 15) is 14.4 Å². The maximum absolute atomic E-state index is 12.7. The SMILES string of the molecule is O=C(Nc1ccc(N2C(=O)CCCC2=O)cc1)c1cc2c(s1)CCCCCC2. The molecule has 4 rings (SSSR count). The Morgan fingerprint density at radius 2 is 1.54 bits per heavy atom. The first-order chi connectivity index (χ1) is 13.6. The van der Waals surface area contributed by atoms with E-state index in [4.69, 9.17) is 0 Å². The lowest BCUT2D eigenvalue weighted by atomic mass is 10.00. The summed E-state index contributed by atoms with van der Waals surface area (Å²) in [6, 6.07) is 8.95. The molecule has 28 heavy (non-hydrogen) atoms. The summed E-state index contributed by atoms with van der Waals surface area (Å²) in [4.78, 5) is 40.1. The van der Waals surface area contributed by atoms with E-state index in [1.807, 2.05) is 6.07 Å². The van der Waals surface area contributed by atoms with Gasteiger partial charge in [-0.2, -0.15) is 0 Å². The van der Waals surface area contributed by atoms with Gasteiger partial charge in [0, 0.05) is 23.4 Å². The highest BCUT2D eigenvalue weighted by Crippen LogP contribution is 2.29. The van der Waals surface area contributed by atoms with Crippen molar-refractivity contribution >= 4 is 40.4 Å². The second-order valence-electron chi connectivity index (χ2n) is 7.45. The maximum Gasteiger partial charge on any atom is 0.265 e. The Labute approximate surface area is 168 Å². The van der Waals surface area contributed by atoms with Crippen LogP contribution in [0.5, 0.6) is 0 Å². The third-order valence-corrected chi connectivity index (χ3v) is 6.62. The number of hydrogen-bond acceptors (Lipinski definition) is 4. The molecule has 1 aromatic heterocycles. The number of thiophene rings is 1. The van der Waals surface area contributed by atoms with Crippen molar-refractivity contribution < 1.29 is 14.4 Å². The first kappa shape index (κ1) is 18.9. The summed E-state index contributed by atoms with van der Waals surface area (Å²) < 4.78 is 0. The fourth-order valence-corrected chi connectivity index (χ4v) is 5.03. The summed E-state index contributed by atoms with van der Waals surface area (Å²) in [7, 11) is 0. The molecule has 1 N–H and O–H groups in total. The van der Waals surface area contributed by atoms with Gasteiger partial charge in [-0.3, -0.25) is 19.3 Å². The van der Waals surface area contributed by atoms with Crippen LogP contribution in [0.15, 0.2) is 30.3 Å². The van der Waals surface area contributed by atoms with Crippen molar-refractivity contribution in [2.45, 2.75) is 57.8 Å². The Balaban J connectivity index is 1.46. The number of piperidine rings is 1. The van der Waals surface area contributed by atoms with Gasteiger partial charge in [-0.05, 0) is 68.0 Å². The van der Waals surface area contributed by atoms with Crippen LogP contribution >= 0.6 is 11.3 Å². The normalized spacial score (nSPS) is 17.6. The number of benzene rings is 1. The number of anilines is 2. The van der Waals surface area contributed by atoms with Crippen LogP contribution in [0.3, 0.4) is 0 Å². The third-order valence-electron chi connectivity index (χ3n) is 5.38. The van der Waals surface area contributed by atoms with E-state index in [1.165, 1.54) is 41.0 Å². The molecule has 0 spiro atoms. The predicted molar refractivity (Wildman–Crippen MR) is 111 cm³/mol. The highest BCUT2D eigenvalue weighted by Gasteiger charge is 2.27. The van der Waals surface area contributed by atoms with E-state index in [-0.39, 0.29) is 17.7 Å². The van der Waals surface area contributed by atoms with Gasteiger partial charge in [0.15, 0.2) is 0 Å². The van der Waals surface area contributed by atoms with E-state index >= 15 is 0 Å². The number of hydrogen-bond donors (Lipinski definition) is 1. The molecule has 1 fully saturated rings. The standard InChI is InChI=1S/C22H24N2O3S/c25-20-8-5-9-21(26)24(20)17-12-10-16(11-13-17)23-22(27)19-14-15-6-3-1-2-4-7-18(15)28-19/h10-14H,1-9H2,(H,23,27). The summed E-state index contributed by atoms with van der Waals surface area (Å²) >= 11 is 1.60. The lowest BCUT2D eigenvalue weighted by Crippen LogP contribution is -2.40. The first-order valence-electron chi connectivity index (χ1n) is 10.0. The highest BCUT2D eigenvalue weighted by molar-refractivity contribution is 7.14. The lowest BCUT2D eigenvalue weighted by molar-refractivity contribution is -0.129. The van der Waals surface area contributed by atoms with Crippen LogP contribution in [0.25, 0.3) is 0 Å². The first-order valence-corrected chi connectivity index (χ1v) is 10.8. The second-order valence-corrected chi connectivity index (χ2v) is 8.59. The molecule has 6 heteroatoms. The Bertz CT molecular complexity index is 860. The fraction of sp³-hybridized carbons (Fsp3) is 0.409. The van der Waals surface area contributed by atoms with Crippen molar-refractivity contribution in [1.82, 2.24) is 0 Å². The number of carbonyl (C=O) groups excluding carboxylic acids is 3. The number of imide groups is 1. The zero-order valence-corrected chi connectivity index (χ0v) is 16.6. The molecule has 0 atom stereocenters. The van der Waals surface area contributed by atoms with Crippen LogP contribution in [-0.4, -0.2) is 17.7 Å². The smallest absolute Gasteiger partial charge is 0.265 e. The minimum absolute atomic E-state index is 0.102. The van der Waals surface area contributed by atoms with Crippen molar-refractivity contribution in [3.8, 4) is 0 Å². The largest absolute Gasteiger partial charge is 0.321 e. The Hall–Kier alpha value is -2.47. The van der Waals surface area contributed by atoms with Crippen LogP contribution in [0.4, 0.5) is 11.4 Å². The van der Waals surface area contributed by atoms with Gasteiger partial charge in [0.2, 0.25) is 11.8 Å². The van der Waals surface area contributed by atoms with Gasteiger partial charge >= 0.3 is 0 Å². The monoisotopic (exact) mass is 396 g/mol. The number of rotatable bonds is 3. The summed E-state index contributed by atoms with van der Waals surface area (Å²) in [6.45, 7) is 0. The lowest BCUT2D eigenvalue weighted by Gasteiger charge is -2.24. The van der Waals surface area contributed by atoms with Gasteiger partial charge in [0.1, 0.15) is 0 Å². The van der Waals surface area contributed by atoms with Gasteiger partial charge < -0.3 is 5.32 Å². The molecule has 0 unspecified atom stereocenters. The number of carbonyl (C=O) groups is 3. The Morgan fingerprint density at radius 3 is 2.25 bits per heavy atom. The highest BCUT2D eigenvalue weighted by atomic mass is 32.1. The van der Waals surface area contributed by atoms with Gasteiger partial charge in [0.05, 0.1) is 10.6 Å². The van der Waals surface area contributed by atoms with Gasteiger partial charge in [-0.1, -0.05) is 12.8 Å². The summed E-state index contributed by atoms with van der Waals surface area (Å²) in [5.74, 6) is -0.428. The van der Waals surface area contributed by atoms with Gasteiger partial charge in [-0.25, -0.2) is 0 Å². The second kappa shape index (κ2) is 8.27. The molecule has 1 aliphatic carbocycles. The molecule has 1 aliphatic heterocycles. The van der Waals surface area contributed by atoms with E-state index in [2.05, 4.69) is 5.32 Å². The molecule has 1 aromatic carbocycles. The van der Waals surface area contributed by atoms with Crippen LogP contribution in [0, 0.1) is 0 Å². The van der Waals surface area contributed by atoms with Crippen molar-refractivity contribution in [3.63, 3.8) is 0 Å². The minimum atomic E-state index is -0.163. The zero-order valence-electron chi connectivity index (χ0n) is 15.8. The van der Waals surface area contributed by atoms with Crippen molar-refractivity contribution in [3.05, 3.63) is 45.6 Å². The van der Waals surface area contributed by atoms with Crippen molar-refractivity contribution in [2.75, 3.05) is 10.2 Å².